The first-order valence-corrected chi connectivity index (χ1v) is 8.41. The predicted molar refractivity (Wildman–Crippen MR) is 85.1 cm³/mol. The summed E-state index contributed by atoms with van der Waals surface area (Å²) in [6.45, 7) is 17.3. The highest BCUT2D eigenvalue weighted by atomic mass is 16.5. The molecule has 0 aromatic rings. The number of ether oxygens (including phenoxy) is 1. The normalized spacial score (nSPS) is 34.4. The number of piperazine rings is 1. The van der Waals surface area contributed by atoms with E-state index < -0.39 is 0 Å². The molecule has 2 aliphatic rings. The van der Waals surface area contributed by atoms with Crippen LogP contribution in [0.5, 0.6) is 0 Å². The Morgan fingerprint density at radius 3 is 2.45 bits per heavy atom. The lowest BCUT2D eigenvalue weighted by atomic mass is 9.80. The van der Waals surface area contributed by atoms with E-state index in [1.54, 1.807) is 0 Å². The van der Waals surface area contributed by atoms with Gasteiger partial charge in [0, 0.05) is 44.4 Å². The van der Waals surface area contributed by atoms with Gasteiger partial charge in [0.2, 0.25) is 0 Å². The second-order valence-electron chi connectivity index (χ2n) is 8.16. The zero-order valence-electron chi connectivity index (χ0n) is 14.2. The molecule has 3 heteroatoms. The Morgan fingerprint density at radius 1 is 1.25 bits per heavy atom. The predicted octanol–water partition coefficient (Wildman–Crippen LogP) is 2.90. The van der Waals surface area contributed by atoms with Crippen LogP contribution in [0, 0.1) is 11.3 Å². The molecule has 2 heterocycles. The van der Waals surface area contributed by atoms with E-state index in [0.717, 1.165) is 25.7 Å². The van der Waals surface area contributed by atoms with Crippen molar-refractivity contribution in [2.75, 3.05) is 32.8 Å². The fraction of sp³-hybridized carbons (Fsp3) is 1.00. The third-order valence-electron chi connectivity index (χ3n) is 5.33. The highest BCUT2D eigenvalue weighted by Crippen LogP contribution is 2.31. The van der Waals surface area contributed by atoms with Gasteiger partial charge in [-0.2, -0.15) is 0 Å². The van der Waals surface area contributed by atoms with Gasteiger partial charge in [-0.25, -0.2) is 0 Å². The maximum Gasteiger partial charge on any atom is 0.0469 e. The molecule has 2 saturated heterocycles. The summed E-state index contributed by atoms with van der Waals surface area (Å²) in [5.41, 5.74) is 0.625. The van der Waals surface area contributed by atoms with Crippen molar-refractivity contribution in [1.82, 2.24) is 10.2 Å². The number of hydrogen-bond donors (Lipinski definition) is 1. The molecule has 2 aliphatic heterocycles. The summed E-state index contributed by atoms with van der Waals surface area (Å²) in [6.07, 6.45) is 3.68. The molecule has 2 fully saturated rings. The van der Waals surface area contributed by atoms with E-state index in [2.05, 4.69) is 44.8 Å². The monoisotopic (exact) mass is 282 g/mol. The zero-order chi connectivity index (χ0) is 14.8. The summed E-state index contributed by atoms with van der Waals surface area (Å²) < 4.78 is 5.51. The quantitative estimate of drug-likeness (QED) is 0.861. The summed E-state index contributed by atoms with van der Waals surface area (Å²) in [7, 11) is 0. The fourth-order valence-corrected chi connectivity index (χ4v) is 3.63. The van der Waals surface area contributed by atoms with Crippen molar-refractivity contribution in [2.45, 2.75) is 65.5 Å². The van der Waals surface area contributed by atoms with Gasteiger partial charge < -0.3 is 10.1 Å². The van der Waals surface area contributed by atoms with Crippen molar-refractivity contribution >= 4 is 0 Å². The smallest absolute Gasteiger partial charge is 0.0469 e. The number of nitrogens with one attached hydrogen (secondary N) is 1. The molecule has 2 unspecified atom stereocenters. The van der Waals surface area contributed by atoms with Gasteiger partial charge in [0.05, 0.1) is 0 Å². The second-order valence-corrected chi connectivity index (χ2v) is 8.16. The highest BCUT2D eigenvalue weighted by Gasteiger charge is 2.40. The molecule has 0 bridgehead atoms. The summed E-state index contributed by atoms with van der Waals surface area (Å²) in [5, 5.41) is 3.80. The van der Waals surface area contributed by atoms with Crippen LogP contribution < -0.4 is 5.32 Å². The van der Waals surface area contributed by atoms with Crippen molar-refractivity contribution in [3.05, 3.63) is 0 Å². The molecule has 1 N–H and O–H groups in total. The number of hydrogen-bond acceptors (Lipinski definition) is 3. The van der Waals surface area contributed by atoms with Crippen LogP contribution in [-0.4, -0.2) is 49.3 Å². The molecule has 0 aliphatic carbocycles. The van der Waals surface area contributed by atoms with Crippen LogP contribution in [0.15, 0.2) is 0 Å². The summed E-state index contributed by atoms with van der Waals surface area (Å²) in [5.74, 6) is 0.827. The van der Waals surface area contributed by atoms with Crippen molar-refractivity contribution < 1.29 is 4.74 Å². The van der Waals surface area contributed by atoms with Gasteiger partial charge in [-0.05, 0) is 37.5 Å². The van der Waals surface area contributed by atoms with Crippen molar-refractivity contribution in [1.29, 1.82) is 0 Å². The minimum atomic E-state index is 0.285. The SMILES string of the molecule is CCC1(C)CN(CC2CCOCC2)C(C(C)(C)C)CN1. The van der Waals surface area contributed by atoms with Crippen LogP contribution in [0.3, 0.4) is 0 Å². The summed E-state index contributed by atoms with van der Waals surface area (Å²) >= 11 is 0. The molecular weight excluding hydrogens is 248 g/mol. The molecule has 3 nitrogen and oxygen atoms in total. The van der Waals surface area contributed by atoms with Gasteiger partial charge in [0.1, 0.15) is 0 Å². The maximum atomic E-state index is 5.51. The summed E-state index contributed by atoms with van der Waals surface area (Å²) in [4.78, 5) is 2.77. The van der Waals surface area contributed by atoms with Crippen LogP contribution in [0.25, 0.3) is 0 Å². The van der Waals surface area contributed by atoms with Gasteiger partial charge in [-0.1, -0.05) is 27.7 Å². The third-order valence-corrected chi connectivity index (χ3v) is 5.33. The Hall–Kier alpha value is -0.120. The van der Waals surface area contributed by atoms with Crippen molar-refractivity contribution in [2.24, 2.45) is 11.3 Å². The Labute approximate surface area is 125 Å². The topological polar surface area (TPSA) is 24.5 Å². The molecule has 0 saturated carbocycles. The summed E-state index contributed by atoms with van der Waals surface area (Å²) in [6, 6.07) is 0.643. The van der Waals surface area contributed by atoms with Crippen molar-refractivity contribution in [3.8, 4) is 0 Å². The van der Waals surface area contributed by atoms with E-state index in [-0.39, 0.29) is 5.54 Å². The minimum absolute atomic E-state index is 0.285. The lowest BCUT2D eigenvalue weighted by Gasteiger charge is -2.51. The highest BCUT2D eigenvalue weighted by molar-refractivity contribution is 4.98. The molecule has 0 spiro atoms. The number of rotatable bonds is 3. The average Bonchev–Trinajstić information content (AvgIpc) is 2.38. The van der Waals surface area contributed by atoms with Gasteiger partial charge in [-0.3, -0.25) is 4.90 Å². The second kappa shape index (κ2) is 6.33. The maximum absolute atomic E-state index is 5.51. The van der Waals surface area contributed by atoms with Crippen molar-refractivity contribution in [3.63, 3.8) is 0 Å². The van der Waals surface area contributed by atoms with Gasteiger partial charge in [0.25, 0.3) is 0 Å². The van der Waals surface area contributed by atoms with Crippen LogP contribution in [0.4, 0.5) is 0 Å². The first-order chi connectivity index (χ1) is 9.34. The van der Waals surface area contributed by atoms with E-state index in [4.69, 9.17) is 4.74 Å². The molecule has 2 atom stereocenters. The Kier molecular flexibility index (Phi) is 5.14. The van der Waals surface area contributed by atoms with E-state index in [0.29, 0.717) is 11.5 Å². The van der Waals surface area contributed by atoms with Gasteiger partial charge in [-0.15, -0.1) is 0 Å². The third kappa shape index (κ3) is 3.96. The van der Waals surface area contributed by atoms with E-state index in [1.807, 2.05) is 0 Å². The number of nitrogens with zero attached hydrogens (tertiary/aromatic N) is 1. The van der Waals surface area contributed by atoms with E-state index in [9.17, 15) is 0 Å². The molecule has 0 radical (unpaired) electrons. The fourth-order valence-electron chi connectivity index (χ4n) is 3.63. The van der Waals surface area contributed by atoms with E-state index >= 15 is 0 Å². The first kappa shape index (κ1) is 16.3. The Bertz CT molecular complexity index is 307. The Morgan fingerprint density at radius 2 is 1.90 bits per heavy atom. The largest absolute Gasteiger partial charge is 0.381 e. The molecule has 0 amide bonds. The van der Waals surface area contributed by atoms with Gasteiger partial charge in [0.15, 0.2) is 0 Å². The molecule has 0 aromatic heterocycles. The molecular formula is C17H34N2O. The van der Waals surface area contributed by atoms with Crippen LogP contribution in [-0.2, 0) is 4.74 Å². The molecule has 20 heavy (non-hydrogen) atoms. The first-order valence-electron chi connectivity index (χ1n) is 8.41. The van der Waals surface area contributed by atoms with Gasteiger partial charge >= 0.3 is 0 Å². The zero-order valence-corrected chi connectivity index (χ0v) is 14.2. The van der Waals surface area contributed by atoms with Crippen LogP contribution in [0.1, 0.15) is 53.9 Å². The van der Waals surface area contributed by atoms with E-state index in [1.165, 1.54) is 32.4 Å². The standard InChI is InChI=1S/C17H34N2O/c1-6-17(5)13-19(12-14-7-9-20-10-8-14)15(11-18-17)16(2,3)4/h14-15,18H,6-13H2,1-5H3. The van der Waals surface area contributed by atoms with Crippen LogP contribution in [0.2, 0.25) is 0 Å². The molecule has 0 aromatic carbocycles. The Balaban J connectivity index is 2.05. The van der Waals surface area contributed by atoms with Crippen LogP contribution >= 0.6 is 0 Å². The molecule has 2 rings (SSSR count). The minimum Gasteiger partial charge on any atom is -0.381 e. The molecule has 118 valence electrons. The average molecular weight is 282 g/mol. The lowest BCUT2D eigenvalue weighted by molar-refractivity contribution is -0.00599. The lowest BCUT2D eigenvalue weighted by Crippen LogP contribution is -2.66.